The van der Waals surface area contributed by atoms with Crippen molar-refractivity contribution in [3.8, 4) is 0 Å². The SMILES string of the molecule is CC1(C)OB(c2ccnc(NC(=O)C3CCCC3)c2)OC1(C)C. The van der Waals surface area contributed by atoms with Gasteiger partial charge >= 0.3 is 7.12 Å². The number of carbonyl (C=O) groups excluding carboxylic acids is 1. The quantitative estimate of drug-likeness (QED) is 0.871. The van der Waals surface area contributed by atoms with Crippen molar-refractivity contribution >= 4 is 24.3 Å². The summed E-state index contributed by atoms with van der Waals surface area (Å²) in [7, 11) is -0.440. The Labute approximate surface area is 138 Å². The van der Waals surface area contributed by atoms with E-state index in [2.05, 4.69) is 10.3 Å². The summed E-state index contributed by atoms with van der Waals surface area (Å²) in [5, 5.41) is 2.93. The maximum absolute atomic E-state index is 12.2. The topological polar surface area (TPSA) is 60.5 Å². The molecule has 0 atom stereocenters. The lowest BCUT2D eigenvalue weighted by molar-refractivity contribution is -0.119. The Morgan fingerprint density at radius 2 is 1.83 bits per heavy atom. The molecule has 1 amide bonds. The Morgan fingerprint density at radius 1 is 1.22 bits per heavy atom. The maximum Gasteiger partial charge on any atom is 0.495 e. The van der Waals surface area contributed by atoms with Crippen LogP contribution in [0.4, 0.5) is 5.82 Å². The lowest BCUT2D eigenvalue weighted by Gasteiger charge is -2.32. The molecule has 0 radical (unpaired) electrons. The van der Waals surface area contributed by atoms with Gasteiger partial charge in [0, 0.05) is 12.1 Å². The monoisotopic (exact) mass is 316 g/mol. The Morgan fingerprint density at radius 3 is 2.43 bits per heavy atom. The minimum Gasteiger partial charge on any atom is -0.399 e. The van der Waals surface area contributed by atoms with Crippen LogP contribution in [0.2, 0.25) is 0 Å². The summed E-state index contributed by atoms with van der Waals surface area (Å²) in [5.41, 5.74) is 0.114. The van der Waals surface area contributed by atoms with E-state index in [0.717, 1.165) is 31.1 Å². The predicted octanol–water partition coefficient (Wildman–Crippen LogP) is 2.51. The van der Waals surface area contributed by atoms with Crippen LogP contribution in [0, 0.1) is 5.92 Å². The Balaban J connectivity index is 1.72. The summed E-state index contributed by atoms with van der Waals surface area (Å²) in [4.78, 5) is 16.5. The van der Waals surface area contributed by atoms with Gasteiger partial charge in [0.2, 0.25) is 5.91 Å². The molecule has 6 heteroatoms. The predicted molar refractivity (Wildman–Crippen MR) is 90.5 cm³/mol. The summed E-state index contributed by atoms with van der Waals surface area (Å²) < 4.78 is 12.1. The van der Waals surface area contributed by atoms with Crippen LogP contribution in [-0.4, -0.2) is 29.2 Å². The summed E-state index contributed by atoms with van der Waals surface area (Å²) in [5.74, 6) is 0.757. The number of nitrogens with zero attached hydrogens (tertiary/aromatic N) is 1. The maximum atomic E-state index is 12.2. The van der Waals surface area contributed by atoms with Crippen molar-refractivity contribution in [2.75, 3.05) is 5.32 Å². The molecule has 1 saturated heterocycles. The molecule has 0 spiro atoms. The molecule has 23 heavy (non-hydrogen) atoms. The van der Waals surface area contributed by atoms with Gasteiger partial charge in [0.15, 0.2) is 0 Å². The number of nitrogens with one attached hydrogen (secondary N) is 1. The Bertz CT molecular complexity index is 581. The molecule has 0 aromatic carbocycles. The Hall–Kier alpha value is -1.40. The van der Waals surface area contributed by atoms with Crippen LogP contribution in [0.15, 0.2) is 18.3 Å². The van der Waals surface area contributed by atoms with Gasteiger partial charge < -0.3 is 14.6 Å². The third-order valence-corrected chi connectivity index (χ3v) is 5.29. The molecule has 1 aromatic heterocycles. The molecular weight excluding hydrogens is 291 g/mol. The minimum absolute atomic E-state index is 0.0704. The third-order valence-electron chi connectivity index (χ3n) is 5.29. The van der Waals surface area contributed by atoms with Gasteiger partial charge in [0.05, 0.1) is 11.2 Å². The van der Waals surface area contributed by atoms with Crippen molar-refractivity contribution in [2.24, 2.45) is 5.92 Å². The van der Waals surface area contributed by atoms with Crippen LogP contribution in [0.3, 0.4) is 0 Å². The largest absolute Gasteiger partial charge is 0.495 e. The summed E-state index contributed by atoms with van der Waals surface area (Å²) in [6, 6.07) is 3.71. The van der Waals surface area contributed by atoms with E-state index in [1.54, 1.807) is 6.20 Å². The second-order valence-electron chi connectivity index (χ2n) is 7.53. The van der Waals surface area contributed by atoms with E-state index < -0.39 is 7.12 Å². The molecule has 1 aliphatic heterocycles. The highest BCUT2D eigenvalue weighted by molar-refractivity contribution is 6.62. The van der Waals surface area contributed by atoms with E-state index in [1.807, 2.05) is 39.8 Å². The van der Waals surface area contributed by atoms with Crippen molar-refractivity contribution in [2.45, 2.75) is 64.6 Å². The van der Waals surface area contributed by atoms with Gasteiger partial charge in [-0.15, -0.1) is 0 Å². The smallest absolute Gasteiger partial charge is 0.399 e. The van der Waals surface area contributed by atoms with Crippen LogP contribution >= 0.6 is 0 Å². The van der Waals surface area contributed by atoms with E-state index >= 15 is 0 Å². The number of hydrogen-bond donors (Lipinski definition) is 1. The van der Waals surface area contributed by atoms with Crippen molar-refractivity contribution < 1.29 is 14.1 Å². The molecule has 1 aliphatic carbocycles. The van der Waals surface area contributed by atoms with Gasteiger partial charge in [-0.3, -0.25) is 4.79 Å². The van der Waals surface area contributed by atoms with E-state index in [9.17, 15) is 4.79 Å². The summed E-state index contributed by atoms with van der Waals surface area (Å²) in [6.07, 6.45) is 5.91. The van der Waals surface area contributed by atoms with Crippen LogP contribution in [0.5, 0.6) is 0 Å². The molecule has 1 aromatic rings. The molecule has 2 fully saturated rings. The first-order chi connectivity index (χ1) is 10.8. The van der Waals surface area contributed by atoms with E-state index in [-0.39, 0.29) is 23.0 Å². The van der Waals surface area contributed by atoms with Gasteiger partial charge in [0.25, 0.3) is 0 Å². The number of amides is 1. The van der Waals surface area contributed by atoms with Gasteiger partial charge in [-0.1, -0.05) is 12.8 Å². The van der Waals surface area contributed by atoms with Gasteiger partial charge in [-0.05, 0) is 58.1 Å². The first-order valence-corrected chi connectivity index (χ1v) is 8.41. The first-order valence-electron chi connectivity index (χ1n) is 8.41. The normalized spacial score (nSPS) is 23.2. The fourth-order valence-corrected chi connectivity index (χ4v) is 3.06. The highest BCUT2D eigenvalue weighted by atomic mass is 16.7. The van der Waals surface area contributed by atoms with Crippen LogP contribution in [-0.2, 0) is 14.1 Å². The molecule has 1 N–H and O–H groups in total. The van der Waals surface area contributed by atoms with Gasteiger partial charge in [0.1, 0.15) is 5.82 Å². The number of pyridine rings is 1. The molecule has 5 nitrogen and oxygen atoms in total. The van der Waals surface area contributed by atoms with E-state index in [0.29, 0.717) is 5.82 Å². The zero-order chi connectivity index (χ0) is 16.7. The second-order valence-corrected chi connectivity index (χ2v) is 7.53. The van der Waals surface area contributed by atoms with Gasteiger partial charge in [-0.25, -0.2) is 4.98 Å². The van der Waals surface area contributed by atoms with Gasteiger partial charge in [-0.2, -0.15) is 0 Å². The molecule has 3 rings (SSSR count). The number of anilines is 1. The summed E-state index contributed by atoms with van der Waals surface area (Å²) in [6.45, 7) is 8.10. The third kappa shape index (κ3) is 3.28. The minimum atomic E-state index is -0.440. The highest BCUT2D eigenvalue weighted by Crippen LogP contribution is 2.36. The molecule has 1 saturated carbocycles. The fraction of sp³-hybridized carbons (Fsp3) is 0.647. The van der Waals surface area contributed by atoms with E-state index in [4.69, 9.17) is 9.31 Å². The fourth-order valence-electron chi connectivity index (χ4n) is 3.06. The molecule has 2 heterocycles. The Kier molecular flexibility index (Phi) is 4.23. The second kappa shape index (κ2) is 5.91. The molecule has 0 bridgehead atoms. The van der Waals surface area contributed by atoms with Crippen molar-refractivity contribution in [1.82, 2.24) is 4.98 Å². The standard InChI is InChI=1S/C17H25BN2O3/c1-16(2)17(3,4)23-18(22-16)13-9-10-19-14(11-13)20-15(21)12-7-5-6-8-12/h9-12H,5-8H2,1-4H3,(H,19,20,21). The van der Waals surface area contributed by atoms with E-state index in [1.165, 1.54) is 0 Å². The molecular formula is C17H25BN2O3. The van der Waals surface area contributed by atoms with Crippen LogP contribution in [0.1, 0.15) is 53.4 Å². The van der Waals surface area contributed by atoms with Crippen molar-refractivity contribution in [3.63, 3.8) is 0 Å². The lowest BCUT2D eigenvalue weighted by Crippen LogP contribution is -2.41. The van der Waals surface area contributed by atoms with Crippen molar-refractivity contribution in [3.05, 3.63) is 18.3 Å². The summed E-state index contributed by atoms with van der Waals surface area (Å²) >= 11 is 0. The lowest BCUT2D eigenvalue weighted by atomic mass is 9.80. The average Bonchev–Trinajstić information content (AvgIpc) is 3.06. The zero-order valence-electron chi connectivity index (χ0n) is 14.4. The molecule has 2 aliphatic rings. The van der Waals surface area contributed by atoms with Crippen LogP contribution in [0.25, 0.3) is 0 Å². The van der Waals surface area contributed by atoms with Crippen LogP contribution < -0.4 is 10.8 Å². The average molecular weight is 316 g/mol. The number of hydrogen-bond acceptors (Lipinski definition) is 4. The van der Waals surface area contributed by atoms with Crippen molar-refractivity contribution in [1.29, 1.82) is 0 Å². The number of aromatic nitrogens is 1. The molecule has 124 valence electrons. The number of rotatable bonds is 3. The number of carbonyl (C=O) groups is 1. The zero-order valence-corrected chi connectivity index (χ0v) is 14.4. The first kappa shape index (κ1) is 16.5. The molecule has 0 unspecified atom stereocenters. The highest BCUT2D eigenvalue weighted by Gasteiger charge is 2.51.